The number of nitrogens with zero attached hydrogens (tertiary/aromatic N) is 6. The van der Waals surface area contributed by atoms with Crippen LogP contribution >= 0.6 is 0 Å². The number of unbranched alkanes of at least 4 members (excludes halogenated alkanes) is 2. The summed E-state index contributed by atoms with van der Waals surface area (Å²) in [7, 11) is 0. The first kappa shape index (κ1) is 21.3. The van der Waals surface area contributed by atoms with Gasteiger partial charge in [-0.3, -0.25) is 0 Å². The van der Waals surface area contributed by atoms with Gasteiger partial charge in [-0.25, -0.2) is 9.13 Å². The van der Waals surface area contributed by atoms with Gasteiger partial charge in [0, 0.05) is 31.3 Å². The Morgan fingerprint density at radius 2 is 1.62 bits per heavy atom. The molecule has 3 rings (SSSR count). The van der Waals surface area contributed by atoms with Gasteiger partial charge in [0.05, 0.1) is 36.9 Å². The molecule has 0 bridgehead atoms. The molecule has 158 valence electrons. The normalized spacial score (nSPS) is 14.1. The molecule has 1 aliphatic heterocycles. The highest BCUT2D eigenvalue weighted by Gasteiger charge is 2.21. The number of likely N-dealkylation sites (N-methyl/N-ethyl adjacent to an activating group) is 2. The van der Waals surface area contributed by atoms with Gasteiger partial charge in [-0.1, -0.05) is 31.8 Å². The molecule has 1 aliphatic rings. The van der Waals surface area contributed by atoms with Crippen LogP contribution in [0.4, 0.5) is 23.0 Å². The third kappa shape index (κ3) is 4.98. The molecule has 0 unspecified atom stereocenters. The van der Waals surface area contributed by atoms with Crippen molar-refractivity contribution in [2.75, 3.05) is 36.0 Å². The molecule has 1 aromatic heterocycles. The molecular formula is C23H37N6+. The molecule has 2 aromatic rings. The van der Waals surface area contributed by atoms with E-state index in [2.05, 4.69) is 82.3 Å². The summed E-state index contributed by atoms with van der Waals surface area (Å²) in [6, 6.07) is 6.50. The van der Waals surface area contributed by atoms with E-state index in [4.69, 9.17) is 5.11 Å². The predicted molar refractivity (Wildman–Crippen MR) is 121 cm³/mol. The average molecular weight is 398 g/mol. The standard InChI is InChI=1S/C23H37N6/c1-5-9-13-28-17-18-29(14-10-6-2)23(28)25-24-20-11-12-21-22(19-20)27(8-4)16-15-26(21)7-3/h11-12,17-19H,5-10,13-16H2,1-4H3/q+1. The smallest absolute Gasteiger partial charge is 0.368 e. The average Bonchev–Trinajstić information content (AvgIpc) is 3.15. The second-order valence-electron chi connectivity index (χ2n) is 7.72. The summed E-state index contributed by atoms with van der Waals surface area (Å²) in [5.74, 6) is 0.951. The van der Waals surface area contributed by atoms with Crippen molar-refractivity contribution in [3.05, 3.63) is 30.6 Å². The number of anilines is 2. The molecule has 0 N–H and O–H groups in total. The molecule has 6 nitrogen and oxygen atoms in total. The van der Waals surface area contributed by atoms with Crippen molar-refractivity contribution in [1.29, 1.82) is 0 Å². The zero-order valence-corrected chi connectivity index (χ0v) is 18.6. The minimum atomic E-state index is 0.922. The second-order valence-corrected chi connectivity index (χ2v) is 7.72. The highest BCUT2D eigenvalue weighted by Crippen LogP contribution is 2.36. The van der Waals surface area contributed by atoms with Crippen LogP contribution in [0.15, 0.2) is 40.8 Å². The topological polar surface area (TPSA) is 40.0 Å². The maximum Gasteiger partial charge on any atom is 0.421 e. The van der Waals surface area contributed by atoms with Gasteiger partial charge >= 0.3 is 5.95 Å². The van der Waals surface area contributed by atoms with Gasteiger partial charge in [0.1, 0.15) is 5.69 Å². The summed E-state index contributed by atoms with van der Waals surface area (Å²) in [4.78, 5) is 4.88. The van der Waals surface area contributed by atoms with Gasteiger partial charge in [0.2, 0.25) is 0 Å². The predicted octanol–water partition coefficient (Wildman–Crippen LogP) is 5.46. The van der Waals surface area contributed by atoms with Gasteiger partial charge in [-0.05, 0) is 44.9 Å². The molecular weight excluding hydrogens is 360 g/mol. The van der Waals surface area contributed by atoms with Crippen LogP contribution in [0.5, 0.6) is 0 Å². The number of aromatic nitrogens is 2. The minimum Gasteiger partial charge on any atom is -0.368 e. The molecule has 0 aliphatic carbocycles. The van der Waals surface area contributed by atoms with Crippen LogP contribution in [0.3, 0.4) is 0 Å². The summed E-state index contributed by atoms with van der Waals surface area (Å²) in [5.41, 5.74) is 3.51. The lowest BCUT2D eigenvalue weighted by Crippen LogP contribution is -2.40. The van der Waals surface area contributed by atoms with E-state index < -0.39 is 0 Å². The fourth-order valence-electron chi connectivity index (χ4n) is 3.92. The van der Waals surface area contributed by atoms with Crippen LogP contribution in [-0.2, 0) is 13.1 Å². The van der Waals surface area contributed by atoms with Crippen molar-refractivity contribution in [3.63, 3.8) is 0 Å². The molecule has 0 atom stereocenters. The lowest BCUT2D eigenvalue weighted by molar-refractivity contribution is -0.684. The van der Waals surface area contributed by atoms with Crippen LogP contribution in [-0.4, -0.2) is 30.7 Å². The van der Waals surface area contributed by atoms with E-state index in [1.807, 2.05) is 0 Å². The number of hydrogen-bond donors (Lipinski definition) is 0. The van der Waals surface area contributed by atoms with Crippen molar-refractivity contribution in [2.45, 2.75) is 66.5 Å². The molecule has 0 saturated heterocycles. The lowest BCUT2D eigenvalue weighted by atomic mass is 10.1. The largest absolute Gasteiger partial charge is 0.421 e. The third-order valence-electron chi connectivity index (χ3n) is 5.74. The van der Waals surface area contributed by atoms with E-state index in [0.717, 1.165) is 63.7 Å². The number of rotatable bonds is 10. The quantitative estimate of drug-likeness (QED) is 0.395. The Labute approximate surface area is 175 Å². The van der Waals surface area contributed by atoms with E-state index in [-0.39, 0.29) is 0 Å². The first-order valence-corrected chi connectivity index (χ1v) is 11.4. The minimum absolute atomic E-state index is 0.922. The summed E-state index contributed by atoms with van der Waals surface area (Å²) in [5, 5.41) is 9.35. The van der Waals surface area contributed by atoms with Crippen LogP contribution < -0.4 is 14.4 Å². The number of aryl methyl sites for hydroxylation is 2. The monoisotopic (exact) mass is 397 g/mol. The van der Waals surface area contributed by atoms with Crippen LogP contribution in [0.1, 0.15) is 53.4 Å². The molecule has 0 amide bonds. The van der Waals surface area contributed by atoms with Gasteiger partial charge in [-0.2, -0.15) is 0 Å². The molecule has 0 radical (unpaired) electrons. The summed E-state index contributed by atoms with van der Waals surface area (Å²) < 4.78 is 4.47. The molecule has 0 saturated carbocycles. The first-order valence-electron chi connectivity index (χ1n) is 11.4. The van der Waals surface area contributed by atoms with Crippen molar-refractivity contribution in [3.8, 4) is 0 Å². The van der Waals surface area contributed by atoms with E-state index in [1.165, 1.54) is 24.2 Å². The molecule has 2 heterocycles. The first-order chi connectivity index (χ1) is 14.2. The van der Waals surface area contributed by atoms with Crippen molar-refractivity contribution in [1.82, 2.24) is 4.57 Å². The fourth-order valence-corrected chi connectivity index (χ4v) is 3.92. The number of benzene rings is 1. The summed E-state index contributed by atoms with van der Waals surface area (Å²) >= 11 is 0. The van der Waals surface area contributed by atoms with E-state index in [1.54, 1.807) is 0 Å². The second kappa shape index (κ2) is 10.4. The van der Waals surface area contributed by atoms with Crippen molar-refractivity contribution >= 4 is 23.0 Å². The van der Waals surface area contributed by atoms with Crippen LogP contribution in [0.2, 0.25) is 0 Å². The Hall–Kier alpha value is -2.37. The molecule has 6 heteroatoms. The van der Waals surface area contributed by atoms with Gasteiger partial charge in [-0.15, -0.1) is 0 Å². The molecule has 0 spiro atoms. The Bertz CT molecular complexity index is 784. The van der Waals surface area contributed by atoms with Crippen molar-refractivity contribution < 1.29 is 4.57 Å². The summed E-state index contributed by atoms with van der Waals surface area (Å²) in [6.45, 7) is 15.1. The SMILES string of the molecule is CCCCn1cc[n+](CCCC)c1/N=N/c1ccc2c(c1)N(CC)CCN2CC. The Morgan fingerprint density at radius 3 is 2.31 bits per heavy atom. The maximum atomic E-state index is 4.70. The summed E-state index contributed by atoms with van der Waals surface area (Å²) in [6.07, 6.45) is 8.95. The van der Waals surface area contributed by atoms with E-state index >= 15 is 0 Å². The number of hydrogen-bond acceptors (Lipinski definition) is 4. The number of fused-ring (bicyclic) bond motifs is 1. The Morgan fingerprint density at radius 1 is 0.897 bits per heavy atom. The highest BCUT2D eigenvalue weighted by molar-refractivity contribution is 5.76. The maximum absolute atomic E-state index is 4.70. The molecule has 29 heavy (non-hydrogen) atoms. The Balaban J connectivity index is 1.88. The fraction of sp³-hybridized carbons (Fsp3) is 0.609. The van der Waals surface area contributed by atoms with Crippen molar-refractivity contribution in [2.24, 2.45) is 10.2 Å². The zero-order chi connectivity index (χ0) is 20.6. The van der Waals surface area contributed by atoms with Gasteiger partial charge < -0.3 is 9.80 Å². The molecule has 1 aromatic carbocycles. The highest BCUT2D eigenvalue weighted by atomic mass is 15.3. The van der Waals surface area contributed by atoms with E-state index in [0.29, 0.717) is 0 Å². The lowest BCUT2D eigenvalue weighted by Gasteiger charge is -2.38. The van der Waals surface area contributed by atoms with Gasteiger partial charge in [0.25, 0.3) is 0 Å². The van der Waals surface area contributed by atoms with Crippen LogP contribution in [0.25, 0.3) is 0 Å². The van der Waals surface area contributed by atoms with E-state index in [9.17, 15) is 0 Å². The number of azo groups is 1. The Kier molecular flexibility index (Phi) is 7.67. The van der Waals surface area contributed by atoms with Crippen LogP contribution in [0, 0.1) is 0 Å². The number of imidazole rings is 1. The molecule has 0 fully saturated rings. The van der Waals surface area contributed by atoms with Gasteiger partial charge in [0.15, 0.2) is 0 Å². The zero-order valence-electron chi connectivity index (χ0n) is 18.6. The third-order valence-corrected chi connectivity index (χ3v) is 5.74.